The van der Waals surface area contributed by atoms with Crippen LogP contribution in [0.4, 0.5) is 0 Å². The fraction of sp³-hybridized carbons (Fsp3) is 0.412. The lowest BCUT2D eigenvalue weighted by Crippen LogP contribution is -2.31. The van der Waals surface area contributed by atoms with E-state index in [1.807, 2.05) is 11.3 Å². The lowest BCUT2D eigenvalue weighted by atomic mass is 9.97. The molecule has 1 nitrogen and oxygen atoms in total. The van der Waals surface area contributed by atoms with Crippen molar-refractivity contribution in [3.8, 4) is 0 Å². The minimum absolute atomic E-state index is 1.14. The topological polar surface area (TPSA) is 3.24 Å². The van der Waals surface area contributed by atoms with Gasteiger partial charge in [0.2, 0.25) is 0 Å². The van der Waals surface area contributed by atoms with Gasteiger partial charge in [-0.3, -0.25) is 4.90 Å². The first-order valence-electron chi connectivity index (χ1n) is 7.14. The van der Waals surface area contributed by atoms with Gasteiger partial charge in [0.25, 0.3) is 0 Å². The predicted octanol–water partition coefficient (Wildman–Crippen LogP) is 4.05. The van der Waals surface area contributed by atoms with Crippen LogP contribution in [0.25, 0.3) is 0 Å². The molecule has 0 amide bonds. The molecule has 3 rings (SSSR count). The zero-order valence-corrected chi connectivity index (χ0v) is 12.4. The maximum absolute atomic E-state index is 2.60. The highest BCUT2D eigenvalue weighted by atomic mass is 32.1. The van der Waals surface area contributed by atoms with Crippen LogP contribution in [0.5, 0.6) is 0 Å². The van der Waals surface area contributed by atoms with Gasteiger partial charge in [-0.15, -0.1) is 11.3 Å². The molecule has 1 aromatic heterocycles. The molecule has 1 aliphatic heterocycles. The molecule has 0 atom stereocenters. The molecular formula is C17H21NS. The van der Waals surface area contributed by atoms with E-state index in [0.29, 0.717) is 0 Å². The molecule has 0 saturated carbocycles. The van der Waals surface area contributed by atoms with Crippen molar-refractivity contribution < 1.29 is 0 Å². The minimum atomic E-state index is 1.14. The summed E-state index contributed by atoms with van der Waals surface area (Å²) in [4.78, 5) is 4.12. The van der Waals surface area contributed by atoms with E-state index in [4.69, 9.17) is 0 Å². The number of fused-ring (bicyclic) bond motifs is 1. The number of nitrogens with zero attached hydrogens (tertiary/aromatic N) is 1. The summed E-state index contributed by atoms with van der Waals surface area (Å²) in [6.07, 6.45) is 3.73. The molecular weight excluding hydrogens is 250 g/mol. The molecule has 1 aromatic carbocycles. The lowest BCUT2D eigenvalue weighted by molar-refractivity contribution is 0.251. The number of thiophene rings is 1. The summed E-state index contributed by atoms with van der Waals surface area (Å²) in [6.45, 7) is 5.78. The summed E-state index contributed by atoms with van der Waals surface area (Å²) >= 11 is 1.88. The van der Waals surface area contributed by atoms with Crippen LogP contribution in [-0.4, -0.2) is 18.0 Å². The maximum atomic E-state index is 2.60. The van der Waals surface area contributed by atoms with Crippen molar-refractivity contribution >= 4 is 11.3 Å². The second kappa shape index (κ2) is 5.89. The second-order valence-corrected chi connectivity index (χ2v) is 6.51. The molecule has 0 radical (unpaired) electrons. The molecule has 0 saturated heterocycles. The summed E-state index contributed by atoms with van der Waals surface area (Å²) in [7, 11) is 0. The monoisotopic (exact) mass is 271 g/mol. The first-order chi connectivity index (χ1) is 9.31. The highest BCUT2D eigenvalue weighted by Crippen LogP contribution is 2.20. The van der Waals surface area contributed by atoms with E-state index in [-0.39, 0.29) is 0 Å². The van der Waals surface area contributed by atoms with Gasteiger partial charge in [-0.25, -0.2) is 0 Å². The van der Waals surface area contributed by atoms with Crippen molar-refractivity contribution in [2.24, 2.45) is 0 Å². The van der Waals surface area contributed by atoms with Gasteiger partial charge < -0.3 is 0 Å². The van der Waals surface area contributed by atoms with Crippen molar-refractivity contribution in [1.82, 2.24) is 4.90 Å². The van der Waals surface area contributed by atoms with E-state index in [9.17, 15) is 0 Å². The van der Waals surface area contributed by atoms with Gasteiger partial charge in [-0.1, -0.05) is 29.8 Å². The fourth-order valence-corrected chi connectivity index (χ4v) is 3.61. The van der Waals surface area contributed by atoms with Gasteiger partial charge in [0.15, 0.2) is 0 Å². The smallest absolute Gasteiger partial charge is 0.0236 e. The van der Waals surface area contributed by atoms with E-state index >= 15 is 0 Å². The summed E-state index contributed by atoms with van der Waals surface area (Å²) in [6, 6.07) is 11.3. The number of aryl methyl sites for hydroxylation is 2. The molecule has 1 aliphatic rings. The molecule has 0 N–H and O–H groups in total. The van der Waals surface area contributed by atoms with E-state index in [1.165, 1.54) is 48.4 Å². The molecule has 19 heavy (non-hydrogen) atoms. The van der Waals surface area contributed by atoms with Crippen molar-refractivity contribution in [1.29, 1.82) is 0 Å². The van der Waals surface area contributed by atoms with E-state index in [0.717, 1.165) is 6.54 Å². The SMILES string of the molecule is Cc1ccc2c(c1)CCN(CCCc1cccs1)C2. The largest absolute Gasteiger partial charge is 0.299 e. The zero-order valence-electron chi connectivity index (χ0n) is 11.6. The van der Waals surface area contributed by atoms with Crippen LogP contribution >= 0.6 is 11.3 Å². The number of hydrogen-bond donors (Lipinski definition) is 0. The Morgan fingerprint density at radius 1 is 1.21 bits per heavy atom. The van der Waals surface area contributed by atoms with E-state index in [1.54, 1.807) is 5.56 Å². The number of rotatable bonds is 4. The van der Waals surface area contributed by atoms with E-state index < -0.39 is 0 Å². The molecule has 0 aliphatic carbocycles. The van der Waals surface area contributed by atoms with Gasteiger partial charge in [0.05, 0.1) is 0 Å². The second-order valence-electron chi connectivity index (χ2n) is 5.48. The predicted molar refractivity (Wildman–Crippen MR) is 82.8 cm³/mol. The number of hydrogen-bond acceptors (Lipinski definition) is 2. The van der Waals surface area contributed by atoms with Crippen LogP contribution in [0.3, 0.4) is 0 Å². The van der Waals surface area contributed by atoms with Gasteiger partial charge in [-0.2, -0.15) is 0 Å². The molecule has 2 heterocycles. The highest BCUT2D eigenvalue weighted by Gasteiger charge is 2.15. The van der Waals surface area contributed by atoms with Crippen LogP contribution in [0.15, 0.2) is 35.7 Å². The Balaban J connectivity index is 1.53. The maximum Gasteiger partial charge on any atom is 0.0236 e. The van der Waals surface area contributed by atoms with Crippen LogP contribution in [0.2, 0.25) is 0 Å². The van der Waals surface area contributed by atoms with Crippen LogP contribution in [-0.2, 0) is 19.4 Å². The van der Waals surface area contributed by atoms with Crippen molar-refractivity contribution in [3.05, 3.63) is 57.3 Å². The molecule has 0 spiro atoms. The molecule has 2 heteroatoms. The highest BCUT2D eigenvalue weighted by molar-refractivity contribution is 7.09. The van der Waals surface area contributed by atoms with Gasteiger partial charge in [-0.05, 0) is 55.3 Å². The quantitative estimate of drug-likeness (QED) is 0.811. The van der Waals surface area contributed by atoms with Gasteiger partial charge in [0, 0.05) is 18.0 Å². The summed E-state index contributed by atoms with van der Waals surface area (Å²) in [5, 5.41) is 2.18. The molecule has 0 unspecified atom stereocenters. The molecule has 100 valence electrons. The van der Waals surface area contributed by atoms with E-state index in [2.05, 4.69) is 47.5 Å². The third-order valence-corrected chi connectivity index (χ3v) is 4.87. The first-order valence-corrected chi connectivity index (χ1v) is 8.02. The van der Waals surface area contributed by atoms with Crippen LogP contribution < -0.4 is 0 Å². The van der Waals surface area contributed by atoms with Crippen molar-refractivity contribution in [3.63, 3.8) is 0 Å². The Hall–Kier alpha value is -1.12. The van der Waals surface area contributed by atoms with Crippen molar-refractivity contribution in [2.75, 3.05) is 13.1 Å². The van der Waals surface area contributed by atoms with Gasteiger partial charge >= 0.3 is 0 Å². The summed E-state index contributed by atoms with van der Waals surface area (Å²) in [5.74, 6) is 0. The summed E-state index contributed by atoms with van der Waals surface area (Å²) < 4.78 is 0. The molecule has 2 aromatic rings. The zero-order chi connectivity index (χ0) is 13.1. The normalized spacial score (nSPS) is 15.4. The van der Waals surface area contributed by atoms with Crippen LogP contribution in [0, 0.1) is 6.92 Å². The Kier molecular flexibility index (Phi) is 4.00. The fourth-order valence-electron chi connectivity index (χ4n) is 2.86. The average Bonchev–Trinajstić information content (AvgIpc) is 2.92. The Morgan fingerprint density at radius 3 is 3.00 bits per heavy atom. The van der Waals surface area contributed by atoms with Crippen molar-refractivity contribution in [2.45, 2.75) is 32.7 Å². The Morgan fingerprint density at radius 2 is 2.16 bits per heavy atom. The Labute approximate surface area is 119 Å². The Bertz CT molecular complexity index is 530. The van der Waals surface area contributed by atoms with Crippen LogP contribution in [0.1, 0.15) is 28.0 Å². The number of benzene rings is 1. The molecule has 0 fully saturated rings. The first kappa shape index (κ1) is 12.9. The third-order valence-electron chi connectivity index (χ3n) is 3.93. The minimum Gasteiger partial charge on any atom is -0.299 e. The lowest BCUT2D eigenvalue weighted by Gasteiger charge is -2.28. The molecule has 0 bridgehead atoms. The third kappa shape index (κ3) is 3.26. The standard InChI is InChI=1S/C17H21NS/c1-14-6-7-16-13-18(10-8-15(16)12-14)9-2-4-17-5-3-11-19-17/h3,5-7,11-12H,2,4,8-10,13H2,1H3. The average molecular weight is 271 g/mol. The van der Waals surface area contributed by atoms with Gasteiger partial charge in [0.1, 0.15) is 0 Å². The summed E-state index contributed by atoms with van der Waals surface area (Å²) in [5.41, 5.74) is 4.49.